The fourth-order valence-corrected chi connectivity index (χ4v) is 4.42. The minimum Gasteiger partial charge on any atom is -0.481 e. The molecule has 21 heavy (non-hydrogen) atoms. The highest BCUT2D eigenvalue weighted by Gasteiger charge is 2.34. The lowest BCUT2D eigenvalue weighted by atomic mass is 9.88. The summed E-state index contributed by atoms with van der Waals surface area (Å²) in [6.07, 6.45) is 9.97. The fourth-order valence-electron chi connectivity index (χ4n) is 3.50. The standard InChI is InChI=1S/C15H26N2O3S/c1-21-15(7-3-2-4-8-15)11-16-14(20)17-9-5-6-12(17)10-13(18)19/h12H,2-11H2,1H3,(H,16,20)(H,18,19). The third kappa shape index (κ3) is 4.28. The van der Waals surface area contributed by atoms with Gasteiger partial charge in [0.25, 0.3) is 0 Å². The summed E-state index contributed by atoms with van der Waals surface area (Å²) in [5.41, 5.74) is 0. The van der Waals surface area contributed by atoms with Crippen LogP contribution in [0.4, 0.5) is 4.79 Å². The van der Waals surface area contributed by atoms with E-state index in [1.54, 1.807) is 4.90 Å². The molecule has 2 rings (SSSR count). The van der Waals surface area contributed by atoms with E-state index < -0.39 is 5.97 Å². The van der Waals surface area contributed by atoms with Gasteiger partial charge in [0.2, 0.25) is 0 Å². The lowest BCUT2D eigenvalue weighted by Gasteiger charge is -2.36. The van der Waals surface area contributed by atoms with Crippen molar-refractivity contribution in [3.05, 3.63) is 0 Å². The summed E-state index contributed by atoms with van der Waals surface area (Å²) >= 11 is 1.86. The molecule has 0 bridgehead atoms. The van der Waals surface area contributed by atoms with E-state index in [0.717, 1.165) is 25.7 Å². The van der Waals surface area contributed by atoms with Gasteiger partial charge in [-0.15, -0.1) is 0 Å². The smallest absolute Gasteiger partial charge is 0.317 e. The Kier molecular flexibility index (Phi) is 5.79. The van der Waals surface area contributed by atoms with Crippen LogP contribution in [0.25, 0.3) is 0 Å². The molecular formula is C15H26N2O3S. The number of aliphatic carboxylic acids is 1. The van der Waals surface area contributed by atoms with Crippen molar-refractivity contribution in [2.75, 3.05) is 19.3 Å². The van der Waals surface area contributed by atoms with Crippen LogP contribution in [0.5, 0.6) is 0 Å². The SMILES string of the molecule is CSC1(CNC(=O)N2CCCC2CC(=O)O)CCCCC1. The van der Waals surface area contributed by atoms with Crippen LogP contribution in [0.15, 0.2) is 0 Å². The second-order valence-corrected chi connectivity index (χ2v) is 7.47. The van der Waals surface area contributed by atoms with E-state index in [1.807, 2.05) is 11.8 Å². The first-order valence-electron chi connectivity index (χ1n) is 7.88. The van der Waals surface area contributed by atoms with Gasteiger partial charge in [-0.1, -0.05) is 19.3 Å². The quantitative estimate of drug-likeness (QED) is 0.818. The first-order valence-corrected chi connectivity index (χ1v) is 9.10. The average Bonchev–Trinajstić information content (AvgIpc) is 2.93. The number of carboxylic acids is 1. The third-order valence-electron chi connectivity index (χ3n) is 4.81. The molecule has 1 aliphatic carbocycles. The van der Waals surface area contributed by atoms with Crippen molar-refractivity contribution in [1.82, 2.24) is 10.2 Å². The first kappa shape index (κ1) is 16.5. The second kappa shape index (κ2) is 7.38. The molecule has 1 unspecified atom stereocenters. The molecule has 1 saturated heterocycles. The largest absolute Gasteiger partial charge is 0.481 e. The molecule has 1 atom stereocenters. The molecule has 2 fully saturated rings. The zero-order valence-corrected chi connectivity index (χ0v) is 13.6. The predicted molar refractivity (Wildman–Crippen MR) is 84.7 cm³/mol. The van der Waals surface area contributed by atoms with Crippen molar-refractivity contribution in [1.29, 1.82) is 0 Å². The van der Waals surface area contributed by atoms with Crippen LogP contribution < -0.4 is 5.32 Å². The number of carboxylic acid groups (broad SMARTS) is 1. The van der Waals surface area contributed by atoms with Gasteiger partial charge in [0, 0.05) is 23.9 Å². The van der Waals surface area contributed by atoms with Crippen molar-refractivity contribution >= 4 is 23.8 Å². The Morgan fingerprint density at radius 3 is 2.62 bits per heavy atom. The van der Waals surface area contributed by atoms with Crippen molar-refractivity contribution in [3.63, 3.8) is 0 Å². The molecular weight excluding hydrogens is 288 g/mol. The highest BCUT2D eigenvalue weighted by Crippen LogP contribution is 2.38. The number of hydrogen-bond acceptors (Lipinski definition) is 3. The molecule has 1 saturated carbocycles. The van der Waals surface area contributed by atoms with E-state index in [0.29, 0.717) is 13.1 Å². The number of carbonyl (C=O) groups excluding carboxylic acids is 1. The molecule has 0 aromatic rings. The lowest BCUT2D eigenvalue weighted by Crippen LogP contribution is -2.48. The molecule has 2 N–H and O–H groups in total. The Balaban J connectivity index is 1.87. The summed E-state index contributed by atoms with van der Waals surface area (Å²) in [5.74, 6) is -0.826. The molecule has 0 spiro atoms. The number of nitrogens with zero attached hydrogens (tertiary/aromatic N) is 1. The van der Waals surface area contributed by atoms with Crippen LogP contribution in [0.2, 0.25) is 0 Å². The van der Waals surface area contributed by atoms with Crippen LogP contribution in [0.3, 0.4) is 0 Å². The Bertz CT molecular complexity index is 383. The Labute approximate surface area is 130 Å². The van der Waals surface area contributed by atoms with Crippen molar-refractivity contribution in [3.8, 4) is 0 Å². The fraction of sp³-hybridized carbons (Fsp3) is 0.867. The maximum atomic E-state index is 12.4. The third-order valence-corrected chi connectivity index (χ3v) is 6.23. The minimum absolute atomic E-state index is 0.0566. The van der Waals surface area contributed by atoms with Gasteiger partial charge in [0.05, 0.1) is 6.42 Å². The number of thioether (sulfide) groups is 1. The summed E-state index contributed by atoms with van der Waals surface area (Å²) in [6, 6.07) is -0.225. The number of nitrogens with one attached hydrogen (secondary N) is 1. The normalized spacial score (nSPS) is 24.8. The molecule has 0 radical (unpaired) electrons. The van der Waals surface area contributed by atoms with Gasteiger partial charge in [-0.05, 0) is 31.9 Å². The Morgan fingerprint density at radius 1 is 1.29 bits per heavy atom. The van der Waals surface area contributed by atoms with Crippen LogP contribution in [0, 0.1) is 0 Å². The maximum absolute atomic E-state index is 12.4. The summed E-state index contributed by atoms with van der Waals surface area (Å²) in [7, 11) is 0. The van der Waals surface area contributed by atoms with Gasteiger partial charge >= 0.3 is 12.0 Å². The van der Waals surface area contributed by atoms with Gasteiger partial charge in [-0.2, -0.15) is 11.8 Å². The highest BCUT2D eigenvalue weighted by atomic mass is 32.2. The highest BCUT2D eigenvalue weighted by molar-refractivity contribution is 8.00. The van der Waals surface area contributed by atoms with Crippen LogP contribution >= 0.6 is 11.8 Å². The summed E-state index contributed by atoms with van der Waals surface area (Å²) in [4.78, 5) is 24.9. The molecule has 2 aliphatic rings. The Hall–Kier alpha value is -0.910. The summed E-state index contributed by atoms with van der Waals surface area (Å²) in [5, 5.41) is 12.0. The van der Waals surface area contributed by atoms with Gasteiger partial charge in [-0.3, -0.25) is 4.79 Å². The van der Waals surface area contributed by atoms with Crippen molar-refractivity contribution in [2.24, 2.45) is 0 Å². The molecule has 5 nitrogen and oxygen atoms in total. The molecule has 120 valence electrons. The number of amides is 2. The maximum Gasteiger partial charge on any atom is 0.317 e. The second-order valence-electron chi connectivity index (χ2n) is 6.19. The number of carbonyl (C=O) groups is 2. The summed E-state index contributed by atoms with van der Waals surface area (Å²) < 4.78 is 0.177. The predicted octanol–water partition coefficient (Wildman–Crippen LogP) is 2.70. The summed E-state index contributed by atoms with van der Waals surface area (Å²) in [6.45, 7) is 1.37. The van der Waals surface area contributed by atoms with Crippen molar-refractivity contribution < 1.29 is 14.7 Å². The zero-order valence-electron chi connectivity index (χ0n) is 12.8. The molecule has 2 amide bonds. The van der Waals surface area contributed by atoms with Crippen LogP contribution in [-0.4, -0.2) is 52.1 Å². The van der Waals surface area contributed by atoms with E-state index in [-0.39, 0.29) is 23.2 Å². The molecule has 1 aliphatic heterocycles. The monoisotopic (exact) mass is 314 g/mol. The van der Waals surface area contributed by atoms with E-state index in [2.05, 4.69) is 11.6 Å². The average molecular weight is 314 g/mol. The molecule has 6 heteroatoms. The number of urea groups is 1. The number of hydrogen-bond donors (Lipinski definition) is 2. The van der Waals surface area contributed by atoms with Gasteiger partial charge in [0.1, 0.15) is 0 Å². The lowest BCUT2D eigenvalue weighted by molar-refractivity contribution is -0.137. The topological polar surface area (TPSA) is 69.6 Å². The Morgan fingerprint density at radius 2 is 2.00 bits per heavy atom. The van der Waals surface area contributed by atoms with E-state index in [1.165, 1.54) is 19.3 Å². The van der Waals surface area contributed by atoms with Gasteiger partial charge < -0.3 is 15.3 Å². The van der Waals surface area contributed by atoms with Gasteiger partial charge in [0.15, 0.2) is 0 Å². The molecule has 0 aromatic heterocycles. The molecule has 1 heterocycles. The first-order chi connectivity index (χ1) is 10.1. The number of likely N-dealkylation sites (tertiary alicyclic amines) is 1. The van der Waals surface area contributed by atoms with Crippen LogP contribution in [-0.2, 0) is 4.79 Å². The number of rotatable bonds is 5. The van der Waals surface area contributed by atoms with Gasteiger partial charge in [-0.25, -0.2) is 4.79 Å². The minimum atomic E-state index is -0.826. The zero-order chi connectivity index (χ0) is 15.3. The molecule has 0 aromatic carbocycles. The van der Waals surface area contributed by atoms with Crippen LogP contribution in [0.1, 0.15) is 51.4 Å². The van der Waals surface area contributed by atoms with E-state index in [4.69, 9.17) is 5.11 Å². The van der Waals surface area contributed by atoms with E-state index in [9.17, 15) is 9.59 Å². The van der Waals surface area contributed by atoms with E-state index >= 15 is 0 Å². The van der Waals surface area contributed by atoms with Crippen molar-refractivity contribution in [2.45, 2.75) is 62.2 Å².